The number of sulfonamides is 1. The molecule has 0 aliphatic rings. The predicted molar refractivity (Wildman–Crippen MR) is 113 cm³/mol. The van der Waals surface area contributed by atoms with E-state index in [9.17, 15) is 8.42 Å². The van der Waals surface area contributed by atoms with Gasteiger partial charge in [-0.15, -0.1) is 0 Å². The van der Waals surface area contributed by atoms with E-state index in [0.29, 0.717) is 40.5 Å². The quantitative estimate of drug-likeness (QED) is 0.502. The molecule has 7 nitrogen and oxygen atoms in total. The topological polar surface area (TPSA) is 89.6 Å². The standard InChI is InChI=1S/C20H22ClN3O4S/c1-27-17-7-5-14(12-18(17)28-2)13-22-10-11-24-29(25,26)19-8-6-16(21)20-15(19)4-3-9-23-20/h3-9,12,22,24H,10-11,13H2,1-2H3. The van der Waals surface area contributed by atoms with Crippen LogP contribution in [0.3, 0.4) is 0 Å². The highest BCUT2D eigenvalue weighted by Gasteiger charge is 2.18. The third-order valence-electron chi connectivity index (χ3n) is 4.34. The van der Waals surface area contributed by atoms with Gasteiger partial charge in [0.2, 0.25) is 10.0 Å². The number of halogens is 1. The van der Waals surface area contributed by atoms with E-state index >= 15 is 0 Å². The van der Waals surface area contributed by atoms with Crippen molar-refractivity contribution in [2.45, 2.75) is 11.4 Å². The van der Waals surface area contributed by atoms with Crippen LogP contribution in [0.2, 0.25) is 5.02 Å². The molecule has 0 atom stereocenters. The number of nitrogens with zero attached hydrogens (tertiary/aromatic N) is 1. The van der Waals surface area contributed by atoms with Crippen molar-refractivity contribution < 1.29 is 17.9 Å². The molecule has 0 amide bonds. The van der Waals surface area contributed by atoms with Crippen LogP contribution in [-0.2, 0) is 16.6 Å². The highest BCUT2D eigenvalue weighted by molar-refractivity contribution is 7.89. The van der Waals surface area contributed by atoms with E-state index in [1.54, 1.807) is 38.6 Å². The lowest BCUT2D eigenvalue weighted by atomic mass is 10.2. The second kappa shape index (κ2) is 9.41. The summed E-state index contributed by atoms with van der Waals surface area (Å²) in [6, 6.07) is 12.0. The molecule has 1 aromatic heterocycles. The summed E-state index contributed by atoms with van der Waals surface area (Å²) in [5.74, 6) is 1.31. The minimum absolute atomic E-state index is 0.157. The summed E-state index contributed by atoms with van der Waals surface area (Å²) in [5.41, 5.74) is 1.46. The van der Waals surface area contributed by atoms with Gasteiger partial charge >= 0.3 is 0 Å². The van der Waals surface area contributed by atoms with Gasteiger partial charge in [0.1, 0.15) is 0 Å². The van der Waals surface area contributed by atoms with Gasteiger partial charge in [-0.2, -0.15) is 0 Å². The summed E-state index contributed by atoms with van der Waals surface area (Å²) in [4.78, 5) is 4.33. The lowest BCUT2D eigenvalue weighted by Gasteiger charge is -2.12. The van der Waals surface area contributed by atoms with Gasteiger partial charge in [0, 0.05) is 31.2 Å². The monoisotopic (exact) mass is 435 g/mol. The number of pyridine rings is 1. The van der Waals surface area contributed by atoms with E-state index in [2.05, 4.69) is 15.0 Å². The van der Waals surface area contributed by atoms with Gasteiger partial charge in [-0.25, -0.2) is 13.1 Å². The maximum absolute atomic E-state index is 12.7. The van der Waals surface area contributed by atoms with Crippen LogP contribution in [-0.4, -0.2) is 40.7 Å². The Bertz CT molecular complexity index is 1110. The molecule has 0 unspecified atom stereocenters. The van der Waals surface area contributed by atoms with E-state index in [-0.39, 0.29) is 11.4 Å². The zero-order valence-corrected chi connectivity index (χ0v) is 17.7. The molecule has 0 saturated heterocycles. The minimum atomic E-state index is -3.69. The van der Waals surface area contributed by atoms with Crippen molar-refractivity contribution in [2.24, 2.45) is 0 Å². The average molecular weight is 436 g/mol. The molecular formula is C20H22ClN3O4S. The SMILES string of the molecule is COc1ccc(CNCCNS(=O)(=O)c2ccc(Cl)c3ncccc23)cc1OC. The summed E-state index contributed by atoms with van der Waals surface area (Å²) in [6.45, 7) is 1.26. The molecule has 154 valence electrons. The Morgan fingerprint density at radius 1 is 1.03 bits per heavy atom. The van der Waals surface area contributed by atoms with Crippen molar-refractivity contribution >= 4 is 32.5 Å². The number of hydrogen-bond acceptors (Lipinski definition) is 6. The number of fused-ring (bicyclic) bond motifs is 1. The molecule has 1 heterocycles. The van der Waals surface area contributed by atoms with E-state index in [4.69, 9.17) is 21.1 Å². The summed E-state index contributed by atoms with van der Waals surface area (Å²) < 4.78 is 38.5. The van der Waals surface area contributed by atoms with Crippen molar-refractivity contribution in [2.75, 3.05) is 27.3 Å². The van der Waals surface area contributed by atoms with Crippen molar-refractivity contribution in [3.63, 3.8) is 0 Å². The number of ether oxygens (including phenoxy) is 2. The number of methoxy groups -OCH3 is 2. The van der Waals surface area contributed by atoms with Crippen LogP contribution in [0, 0.1) is 0 Å². The van der Waals surface area contributed by atoms with Gasteiger partial charge < -0.3 is 14.8 Å². The molecule has 29 heavy (non-hydrogen) atoms. The molecule has 0 aliphatic heterocycles. The fraction of sp³-hybridized carbons (Fsp3) is 0.250. The summed E-state index contributed by atoms with van der Waals surface area (Å²) in [5, 5.41) is 4.11. The van der Waals surface area contributed by atoms with Gasteiger partial charge in [-0.3, -0.25) is 4.98 Å². The molecule has 9 heteroatoms. The third-order valence-corrected chi connectivity index (χ3v) is 6.17. The van der Waals surface area contributed by atoms with Crippen LogP contribution >= 0.6 is 11.6 Å². The first-order valence-corrected chi connectivity index (χ1v) is 10.8. The Hall–Kier alpha value is -2.39. The smallest absolute Gasteiger partial charge is 0.241 e. The lowest BCUT2D eigenvalue weighted by Crippen LogP contribution is -2.31. The lowest BCUT2D eigenvalue weighted by molar-refractivity contribution is 0.354. The molecule has 0 saturated carbocycles. The van der Waals surface area contributed by atoms with Crippen molar-refractivity contribution in [3.05, 3.63) is 59.2 Å². The highest BCUT2D eigenvalue weighted by Crippen LogP contribution is 2.28. The number of nitrogens with one attached hydrogen (secondary N) is 2. The molecule has 2 N–H and O–H groups in total. The maximum atomic E-state index is 12.7. The van der Waals surface area contributed by atoms with Crippen LogP contribution in [0.4, 0.5) is 0 Å². The summed E-state index contributed by atoms with van der Waals surface area (Å²) in [7, 11) is -0.525. The Labute approximate surface area is 175 Å². The largest absolute Gasteiger partial charge is 0.493 e. The summed E-state index contributed by atoms with van der Waals surface area (Å²) in [6.07, 6.45) is 1.58. The first kappa shape index (κ1) is 21.3. The van der Waals surface area contributed by atoms with E-state index in [1.807, 2.05) is 18.2 Å². The highest BCUT2D eigenvalue weighted by atomic mass is 35.5. The van der Waals surface area contributed by atoms with Gasteiger partial charge in [0.25, 0.3) is 0 Å². The fourth-order valence-electron chi connectivity index (χ4n) is 2.92. The zero-order chi connectivity index (χ0) is 20.9. The number of rotatable bonds is 9. The fourth-order valence-corrected chi connectivity index (χ4v) is 4.36. The van der Waals surface area contributed by atoms with Gasteiger partial charge in [0.05, 0.1) is 29.7 Å². The number of aromatic nitrogens is 1. The van der Waals surface area contributed by atoms with Gasteiger partial charge in [-0.05, 0) is 42.0 Å². The zero-order valence-electron chi connectivity index (χ0n) is 16.1. The van der Waals surface area contributed by atoms with Crippen LogP contribution < -0.4 is 19.5 Å². The normalized spacial score (nSPS) is 11.6. The Balaban J connectivity index is 1.59. The van der Waals surface area contributed by atoms with E-state index < -0.39 is 10.0 Å². The number of benzene rings is 2. The molecule has 3 rings (SSSR count). The Kier molecular flexibility index (Phi) is 6.92. The van der Waals surface area contributed by atoms with E-state index in [1.165, 1.54) is 6.07 Å². The van der Waals surface area contributed by atoms with Gasteiger partial charge in [-0.1, -0.05) is 17.7 Å². The third kappa shape index (κ3) is 4.97. The predicted octanol–water partition coefficient (Wildman–Crippen LogP) is 2.97. The molecule has 2 aromatic carbocycles. The van der Waals surface area contributed by atoms with Crippen LogP contribution in [0.15, 0.2) is 53.6 Å². The average Bonchev–Trinajstić information content (AvgIpc) is 2.73. The Morgan fingerprint density at radius 2 is 1.83 bits per heavy atom. The maximum Gasteiger partial charge on any atom is 0.241 e. The second-order valence-corrected chi connectivity index (χ2v) is 8.35. The molecule has 0 spiro atoms. The summed E-state index contributed by atoms with van der Waals surface area (Å²) >= 11 is 6.12. The molecule has 0 aliphatic carbocycles. The first-order valence-electron chi connectivity index (χ1n) is 8.91. The molecule has 0 bridgehead atoms. The molecule has 0 fully saturated rings. The van der Waals surface area contributed by atoms with Crippen LogP contribution in [0.25, 0.3) is 10.9 Å². The van der Waals surface area contributed by atoms with Gasteiger partial charge in [0.15, 0.2) is 11.5 Å². The second-order valence-electron chi connectivity index (χ2n) is 6.21. The van der Waals surface area contributed by atoms with Crippen molar-refractivity contribution in [1.82, 2.24) is 15.0 Å². The Morgan fingerprint density at radius 3 is 2.59 bits per heavy atom. The van der Waals surface area contributed by atoms with Crippen molar-refractivity contribution in [3.8, 4) is 11.5 Å². The van der Waals surface area contributed by atoms with E-state index in [0.717, 1.165) is 5.56 Å². The number of hydrogen-bond donors (Lipinski definition) is 2. The van der Waals surface area contributed by atoms with Crippen LogP contribution in [0.1, 0.15) is 5.56 Å². The molecular weight excluding hydrogens is 414 g/mol. The molecule has 3 aromatic rings. The van der Waals surface area contributed by atoms with Crippen molar-refractivity contribution in [1.29, 1.82) is 0 Å². The van der Waals surface area contributed by atoms with Crippen LogP contribution in [0.5, 0.6) is 11.5 Å². The molecule has 0 radical (unpaired) electrons. The first-order chi connectivity index (χ1) is 14.0. The minimum Gasteiger partial charge on any atom is -0.493 e.